The molecule has 1 aliphatic heterocycles. The van der Waals surface area contributed by atoms with Gasteiger partial charge in [-0.05, 0) is 70.6 Å². The first kappa shape index (κ1) is 22.2. The fraction of sp³-hybridized carbons (Fsp3) is 0.227. The van der Waals surface area contributed by atoms with Crippen molar-refractivity contribution >= 4 is 73.5 Å². The normalized spacial score (nSPS) is 18.4. The number of nitrogens with one attached hydrogen (secondary N) is 2. The minimum absolute atomic E-state index is 0.0791. The van der Waals surface area contributed by atoms with Gasteiger partial charge in [-0.3, -0.25) is 9.78 Å². The van der Waals surface area contributed by atoms with E-state index in [0.29, 0.717) is 15.8 Å². The molecule has 3 aromatic rings. The Morgan fingerprint density at radius 1 is 1.29 bits per heavy atom. The van der Waals surface area contributed by atoms with Gasteiger partial charge in [-0.25, -0.2) is 0 Å². The molecular formula is C22H20BrClN4OS2. The number of hydrogen-bond acceptors (Lipinski definition) is 4. The second-order valence-corrected chi connectivity index (χ2v) is 10.7. The van der Waals surface area contributed by atoms with Crippen LogP contribution in [0.1, 0.15) is 36.5 Å². The fourth-order valence-corrected chi connectivity index (χ4v) is 5.56. The number of aromatic nitrogens is 1. The summed E-state index contributed by atoms with van der Waals surface area (Å²) in [5.74, 6) is -0.212. The fourth-order valence-electron chi connectivity index (χ4n) is 3.44. The number of thiocarbonyl (C=S) groups is 1. The Kier molecular flexibility index (Phi) is 6.62. The maximum Gasteiger partial charge on any atom is 0.226 e. The topological polar surface area (TPSA) is 57.3 Å². The Balaban J connectivity index is 1.73. The van der Waals surface area contributed by atoms with E-state index in [1.54, 1.807) is 17.5 Å². The minimum Gasteiger partial charge on any atom is -0.351 e. The number of pyridine rings is 1. The summed E-state index contributed by atoms with van der Waals surface area (Å²) in [6.07, 6.45) is 1.78. The second-order valence-electron chi connectivity index (χ2n) is 7.45. The lowest BCUT2D eigenvalue weighted by atomic mass is 10.0. The maximum absolute atomic E-state index is 12.1. The highest BCUT2D eigenvalue weighted by molar-refractivity contribution is 9.11. The first-order chi connectivity index (χ1) is 14.8. The highest BCUT2D eigenvalue weighted by Crippen LogP contribution is 2.45. The Morgan fingerprint density at radius 3 is 2.71 bits per heavy atom. The van der Waals surface area contributed by atoms with E-state index >= 15 is 0 Å². The van der Waals surface area contributed by atoms with E-state index in [9.17, 15) is 4.79 Å². The number of nitrogens with zero attached hydrogens (tertiary/aromatic N) is 2. The van der Waals surface area contributed by atoms with Gasteiger partial charge in [-0.15, -0.1) is 11.3 Å². The Morgan fingerprint density at radius 2 is 2.10 bits per heavy atom. The first-order valence-corrected chi connectivity index (χ1v) is 12.1. The number of rotatable bonds is 5. The van der Waals surface area contributed by atoms with Gasteiger partial charge in [0, 0.05) is 22.7 Å². The molecule has 160 valence electrons. The predicted octanol–water partition coefficient (Wildman–Crippen LogP) is 6.33. The Hall–Kier alpha value is -2.00. The number of carbonyl (C=O) groups excluding carboxylic acids is 1. The van der Waals surface area contributed by atoms with E-state index in [1.165, 1.54) is 0 Å². The van der Waals surface area contributed by atoms with Gasteiger partial charge in [0.15, 0.2) is 5.11 Å². The summed E-state index contributed by atoms with van der Waals surface area (Å²) in [7, 11) is 0. The van der Waals surface area contributed by atoms with Crippen LogP contribution in [0.3, 0.4) is 0 Å². The molecule has 0 aliphatic carbocycles. The molecule has 31 heavy (non-hydrogen) atoms. The van der Waals surface area contributed by atoms with Crippen LogP contribution in [0.15, 0.2) is 58.5 Å². The largest absolute Gasteiger partial charge is 0.351 e. The number of anilines is 2. The molecular weight excluding hydrogens is 516 g/mol. The van der Waals surface area contributed by atoms with Gasteiger partial charge in [0.1, 0.15) is 0 Å². The molecule has 4 rings (SSSR count). The number of amides is 1. The second kappa shape index (κ2) is 9.24. The van der Waals surface area contributed by atoms with Crippen molar-refractivity contribution in [3.05, 3.63) is 74.1 Å². The molecule has 2 N–H and O–H groups in total. The molecule has 3 heterocycles. The lowest BCUT2D eigenvalue weighted by Gasteiger charge is -2.27. The van der Waals surface area contributed by atoms with E-state index in [1.807, 2.05) is 56.3 Å². The van der Waals surface area contributed by atoms with Crippen molar-refractivity contribution in [3.8, 4) is 0 Å². The molecule has 0 radical (unpaired) electrons. The lowest BCUT2D eigenvalue weighted by molar-refractivity contribution is -0.118. The number of carbonyl (C=O) groups is 1. The molecule has 1 aliphatic rings. The minimum atomic E-state index is -0.133. The molecule has 0 bridgehead atoms. The zero-order valence-electron chi connectivity index (χ0n) is 16.8. The number of hydrogen-bond donors (Lipinski definition) is 2. The quantitative estimate of drug-likeness (QED) is 0.374. The average molecular weight is 536 g/mol. The van der Waals surface area contributed by atoms with Gasteiger partial charge in [0.05, 0.1) is 32.3 Å². The molecule has 9 heteroatoms. The molecule has 5 nitrogen and oxygen atoms in total. The van der Waals surface area contributed by atoms with Crippen LogP contribution in [0.4, 0.5) is 11.4 Å². The molecule has 0 saturated carbocycles. The average Bonchev–Trinajstić information content (AvgIpc) is 3.32. The number of thiophene rings is 1. The highest BCUT2D eigenvalue weighted by Gasteiger charge is 2.41. The van der Waals surface area contributed by atoms with Crippen LogP contribution < -0.4 is 15.5 Å². The third kappa shape index (κ3) is 4.62. The SMILES string of the molecule is CC(C)C(=O)Nc1ccc(N2C(=S)N[C@H](c3ccccn3)[C@H]2c2ccc(Br)s2)cc1Cl. The van der Waals surface area contributed by atoms with Gasteiger partial charge < -0.3 is 15.5 Å². The maximum atomic E-state index is 12.1. The van der Waals surface area contributed by atoms with Crippen LogP contribution in [0, 0.1) is 5.92 Å². The zero-order chi connectivity index (χ0) is 22.1. The van der Waals surface area contributed by atoms with E-state index in [2.05, 4.69) is 42.5 Å². The van der Waals surface area contributed by atoms with E-state index < -0.39 is 0 Å². The van der Waals surface area contributed by atoms with Crippen molar-refractivity contribution in [1.29, 1.82) is 0 Å². The van der Waals surface area contributed by atoms with E-state index in [-0.39, 0.29) is 23.9 Å². The summed E-state index contributed by atoms with van der Waals surface area (Å²) in [6.45, 7) is 3.68. The molecule has 1 saturated heterocycles. The third-order valence-electron chi connectivity index (χ3n) is 5.00. The first-order valence-electron chi connectivity index (χ1n) is 9.71. The summed E-state index contributed by atoms with van der Waals surface area (Å²) in [5.41, 5.74) is 2.34. The molecule has 1 aromatic carbocycles. The molecule has 0 spiro atoms. The highest BCUT2D eigenvalue weighted by atomic mass is 79.9. The van der Waals surface area contributed by atoms with Crippen molar-refractivity contribution in [2.75, 3.05) is 10.2 Å². The van der Waals surface area contributed by atoms with Gasteiger partial charge in [-0.2, -0.15) is 0 Å². The molecule has 2 aromatic heterocycles. The van der Waals surface area contributed by atoms with Crippen molar-refractivity contribution in [3.63, 3.8) is 0 Å². The van der Waals surface area contributed by atoms with Crippen LogP contribution in [0.25, 0.3) is 0 Å². The number of benzene rings is 1. The zero-order valence-corrected chi connectivity index (χ0v) is 20.8. The molecule has 1 amide bonds. The van der Waals surface area contributed by atoms with Gasteiger partial charge in [0.2, 0.25) is 5.91 Å². The van der Waals surface area contributed by atoms with Crippen molar-refractivity contribution in [2.45, 2.75) is 25.9 Å². The summed E-state index contributed by atoms with van der Waals surface area (Å²) < 4.78 is 1.05. The van der Waals surface area contributed by atoms with Gasteiger partial charge in [0.25, 0.3) is 0 Å². The van der Waals surface area contributed by atoms with Crippen LogP contribution in [-0.2, 0) is 4.79 Å². The summed E-state index contributed by atoms with van der Waals surface area (Å²) in [5, 5.41) is 7.36. The predicted molar refractivity (Wildman–Crippen MR) is 135 cm³/mol. The molecule has 1 fully saturated rings. The van der Waals surface area contributed by atoms with E-state index in [0.717, 1.165) is 20.0 Å². The van der Waals surface area contributed by atoms with Crippen molar-refractivity contribution in [2.24, 2.45) is 5.92 Å². The van der Waals surface area contributed by atoms with Crippen molar-refractivity contribution < 1.29 is 4.79 Å². The van der Waals surface area contributed by atoms with Crippen LogP contribution in [0.5, 0.6) is 0 Å². The van der Waals surface area contributed by atoms with Crippen LogP contribution in [0.2, 0.25) is 5.02 Å². The Bertz CT molecular complexity index is 1120. The Labute approximate surface area is 204 Å². The lowest BCUT2D eigenvalue weighted by Crippen LogP contribution is -2.29. The smallest absolute Gasteiger partial charge is 0.226 e. The van der Waals surface area contributed by atoms with E-state index in [4.69, 9.17) is 23.8 Å². The molecule has 2 atom stereocenters. The van der Waals surface area contributed by atoms with Crippen molar-refractivity contribution in [1.82, 2.24) is 10.3 Å². The van der Waals surface area contributed by atoms with Crippen LogP contribution in [-0.4, -0.2) is 16.0 Å². The summed E-state index contributed by atoms with van der Waals surface area (Å²) in [6, 6.07) is 15.4. The third-order valence-corrected chi connectivity index (χ3v) is 7.32. The summed E-state index contributed by atoms with van der Waals surface area (Å²) in [4.78, 5) is 19.8. The monoisotopic (exact) mass is 534 g/mol. The number of halogens is 2. The summed E-state index contributed by atoms with van der Waals surface area (Å²) >= 11 is 17.5. The van der Waals surface area contributed by atoms with Gasteiger partial charge in [-0.1, -0.05) is 31.5 Å². The van der Waals surface area contributed by atoms with Gasteiger partial charge >= 0.3 is 0 Å². The molecule has 0 unspecified atom stereocenters. The standard InChI is InChI=1S/C22H20BrClN4OS2/c1-12(2)21(29)26-15-7-6-13(11-14(15)24)28-20(17-8-9-18(23)31-17)19(27-22(28)30)16-5-3-4-10-25-16/h3-12,19-20H,1-2H3,(H,26,29)(H,27,30)/t19-,20-/m1/s1. The van der Waals surface area contributed by atoms with Crippen LogP contribution >= 0.6 is 51.1 Å².